The van der Waals surface area contributed by atoms with Crippen LogP contribution >= 0.6 is 0 Å². The van der Waals surface area contributed by atoms with Gasteiger partial charge >= 0.3 is 6.18 Å². The van der Waals surface area contributed by atoms with E-state index >= 15 is 0 Å². The number of amides is 1. The fourth-order valence-electron chi connectivity index (χ4n) is 4.56. The number of alkyl halides is 3. The first-order chi connectivity index (χ1) is 14.0. The third-order valence-electron chi connectivity index (χ3n) is 6.24. The number of carbonyl (C=O) groups excluding carboxylic acids is 1. The van der Waals surface area contributed by atoms with Crippen LogP contribution in [0.4, 0.5) is 13.2 Å². The maximum absolute atomic E-state index is 12.9. The fourth-order valence-corrected chi connectivity index (χ4v) is 5.87. The van der Waals surface area contributed by atoms with E-state index in [9.17, 15) is 26.4 Å². The molecule has 1 amide bonds. The average Bonchev–Trinajstić information content (AvgIpc) is 3.17. The van der Waals surface area contributed by atoms with Gasteiger partial charge in [-0.05, 0) is 68.7 Å². The monoisotopic (exact) mass is 446 g/mol. The van der Waals surface area contributed by atoms with Crippen molar-refractivity contribution in [1.82, 2.24) is 9.62 Å². The van der Waals surface area contributed by atoms with Crippen molar-refractivity contribution in [3.8, 4) is 0 Å². The zero-order chi connectivity index (χ0) is 22.1. The summed E-state index contributed by atoms with van der Waals surface area (Å²) in [5, 5.41) is 0. The van der Waals surface area contributed by atoms with Crippen molar-refractivity contribution >= 4 is 15.9 Å². The molecule has 1 N–H and O–H groups in total. The van der Waals surface area contributed by atoms with Gasteiger partial charge in [0.15, 0.2) is 0 Å². The average molecular weight is 447 g/mol. The van der Waals surface area contributed by atoms with Crippen LogP contribution in [0, 0.1) is 11.8 Å². The van der Waals surface area contributed by atoms with Gasteiger partial charge in [0.2, 0.25) is 15.9 Å². The highest BCUT2D eigenvalue weighted by Gasteiger charge is 2.37. The van der Waals surface area contributed by atoms with E-state index in [2.05, 4.69) is 18.6 Å². The molecule has 0 spiro atoms. The number of rotatable bonds is 5. The molecule has 1 unspecified atom stereocenters. The van der Waals surface area contributed by atoms with Crippen LogP contribution in [0.2, 0.25) is 0 Å². The van der Waals surface area contributed by atoms with Crippen LogP contribution in [0.15, 0.2) is 29.2 Å². The van der Waals surface area contributed by atoms with Crippen LogP contribution in [0.1, 0.15) is 57.9 Å². The van der Waals surface area contributed by atoms with Gasteiger partial charge in [-0.3, -0.25) is 4.79 Å². The van der Waals surface area contributed by atoms with Gasteiger partial charge in [-0.25, -0.2) is 13.1 Å². The summed E-state index contributed by atoms with van der Waals surface area (Å²) < 4.78 is 65.7. The SMILES string of the molecule is CC(C)C1CCCN1C(=O)[C@H]1CC[C@H](NS(=O)(=O)c2ccc(C(F)(F)F)cc2)CC1. The molecule has 30 heavy (non-hydrogen) atoms. The van der Waals surface area contributed by atoms with Crippen LogP contribution in [-0.4, -0.2) is 37.9 Å². The van der Waals surface area contributed by atoms with Gasteiger partial charge in [-0.1, -0.05) is 13.8 Å². The summed E-state index contributed by atoms with van der Waals surface area (Å²) in [6, 6.07) is 3.45. The number of carbonyl (C=O) groups is 1. The molecule has 2 aliphatic rings. The van der Waals surface area contributed by atoms with E-state index in [0.29, 0.717) is 31.6 Å². The maximum atomic E-state index is 12.9. The molecule has 1 aliphatic carbocycles. The zero-order valence-corrected chi connectivity index (χ0v) is 18.1. The number of nitrogens with zero attached hydrogens (tertiary/aromatic N) is 1. The van der Waals surface area contributed by atoms with Gasteiger partial charge in [0.1, 0.15) is 0 Å². The van der Waals surface area contributed by atoms with E-state index in [-0.39, 0.29) is 28.8 Å². The quantitative estimate of drug-likeness (QED) is 0.738. The Kier molecular flexibility index (Phi) is 6.81. The highest BCUT2D eigenvalue weighted by Crippen LogP contribution is 2.32. The highest BCUT2D eigenvalue weighted by atomic mass is 32.2. The predicted molar refractivity (Wildman–Crippen MR) is 107 cm³/mol. The van der Waals surface area contributed by atoms with Crippen LogP contribution < -0.4 is 4.72 Å². The highest BCUT2D eigenvalue weighted by molar-refractivity contribution is 7.89. The Morgan fingerprint density at radius 2 is 1.67 bits per heavy atom. The second kappa shape index (κ2) is 8.86. The maximum Gasteiger partial charge on any atom is 0.416 e. The fraction of sp³-hybridized carbons (Fsp3) is 0.667. The Hall–Kier alpha value is -1.61. The summed E-state index contributed by atoms with van der Waals surface area (Å²) in [6.45, 7) is 5.05. The molecule has 168 valence electrons. The third-order valence-corrected chi connectivity index (χ3v) is 7.78. The van der Waals surface area contributed by atoms with Crippen molar-refractivity contribution in [2.24, 2.45) is 11.8 Å². The number of hydrogen-bond donors (Lipinski definition) is 1. The molecule has 0 bridgehead atoms. The Balaban J connectivity index is 1.57. The van der Waals surface area contributed by atoms with Gasteiger partial charge < -0.3 is 4.90 Å². The molecule has 1 heterocycles. The third kappa shape index (κ3) is 5.17. The van der Waals surface area contributed by atoms with Crippen LogP contribution in [-0.2, 0) is 21.0 Å². The lowest BCUT2D eigenvalue weighted by Gasteiger charge is -2.34. The molecule has 1 aromatic rings. The van der Waals surface area contributed by atoms with E-state index in [0.717, 1.165) is 43.7 Å². The van der Waals surface area contributed by atoms with E-state index in [1.165, 1.54) is 0 Å². The van der Waals surface area contributed by atoms with Crippen LogP contribution in [0.25, 0.3) is 0 Å². The second-order valence-electron chi connectivity index (χ2n) is 8.68. The van der Waals surface area contributed by atoms with E-state index < -0.39 is 21.8 Å². The summed E-state index contributed by atoms with van der Waals surface area (Å²) in [5.74, 6) is 0.509. The summed E-state index contributed by atoms with van der Waals surface area (Å²) in [4.78, 5) is 14.7. The molecule has 1 aliphatic heterocycles. The summed E-state index contributed by atoms with van der Waals surface area (Å²) >= 11 is 0. The largest absolute Gasteiger partial charge is 0.416 e. The van der Waals surface area contributed by atoms with E-state index in [4.69, 9.17) is 0 Å². The topological polar surface area (TPSA) is 66.5 Å². The van der Waals surface area contributed by atoms with Gasteiger partial charge in [-0.2, -0.15) is 13.2 Å². The summed E-state index contributed by atoms with van der Waals surface area (Å²) in [6.07, 6.45) is -0.152. The van der Waals surface area contributed by atoms with E-state index in [1.807, 2.05) is 4.90 Å². The van der Waals surface area contributed by atoms with Crippen molar-refractivity contribution in [1.29, 1.82) is 0 Å². The lowest BCUT2D eigenvalue weighted by Crippen LogP contribution is -2.45. The molecule has 1 atom stereocenters. The van der Waals surface area contributed by atoms with Crippen molar-refractivity contribution in [2.45, 2.75) is 75.5 Å². The number of sulfonamides is 1. The smallest absolute Gasteiger partial charge is 0.339 e. The Labute approximate surface area is 176 Å². The molecular weight excluding hydrogens is 417 g/mol. The minimum Gasteiger partial charge on any atom is -0.339 e. The standard InChI is InChI=1S/C21H29F3N2O3S/c1-14(2)19-4-3-13-26(19)20(27)15-5-9-17(10-6-15)25-30(28,29)18-11-7-16(8-12-18)21(22,23)24/h7-8,11-12,14-15,17,19,25H,3-6,9-10,13H2,1-2H3/t15-,17-,19?. The lowest BCUT2D eigenvalue weighted by atomic mass is 9.85. The van der Waals surface area contributed by atoms with Gasteiger partial charge in [0.25, 0.3) is 0 Å². The molecule has 5 nitrogen and oxygen atoms in total. The number of likely N-dealkylation sites (tertiary alicyclic amines) is 1. The molecule has 0 radical (unpaired) electrons. The Morgan fingerprint density at radius 1 is 1.07 bits per heavy atom. The Morgan fingerprint density at radius 3 is 2.20 bits per heavy atom. The van der Waals surface area contributed by atoms with Crippen molar-refractivity contribution in [2.75, 3.05) is 6.54 Å². The second-order valence-corrected chi connectivity index (χ2v) is 10.4. The van der Waals surface area contributed by atoms with Gasteiger partial charge in [0, 0.05) is 24.5 Å². The minimum atomic E-state index is -4.51. The normalized spacial score (nSPS) is 25.7. The molecule has 1 aromatic carbocycles. The molecule has 3 rings (SSSR count). The predicted octanol–water partition coefficient (Wildman–Crippen LogP) is 4.19. The first-order valence-corrected chi connectivity index (χ1v) is 12.0. The van der Waals surface area contributed by atoms with Gasteiger partial charge in [-0.15, -0.1) is 0 Å². The number of halogens is 3. The first kappa shape index (κ1) is 23.1. The molecular formula is C21H29F3N2O3S. The van der Waals surface area contributed by atoms with Crippen LogP contribution in [0.3, 0.4) is 0 Å². The van der Waals surface area contributed by atoms with Gasteiger partial charge in [0.05, 0.1) is 10.5 Å². The van der Waals surface area contributed by atoms with E-state index in [1.54, 1.807) is 0 Å². The molecule has 0 aromatic heterocycles. The number of nitrogens with one attached hydrogen (secondary N) is 1. The van der Waals surface area contributed by atoms with Crippen molar-refractivity contribution in [3.63, 3.8) is 0 Å². The summed E-state index contributed by atoms with van der Waals surface area (Å²) in [7, 11) is -3.91. The van der Waals surface area contributed by atoms with Crippen LogP contribution in [0.5, 0.6) is 0 Å². The molecule has 1 saturated carbocycles. The number of benzene rings is 1. The number of hydrogen-bond acceptors (Lipinski definition) is 3. The zero-order valence-electron chi connectivity index (χ0n) is 17.3. The first-order valence-electron chi connectivity index (χ1n) is 10.5. The molecule has 2 fully saturated rings. The molecule has 1 saturated heterocycles. The van der Waals surface area contributed by atoms with Crippen molar-refractivity contribution < 1.29 is 26.4 Å². The lowest BCUT2D eigenvalue weighted by molar-refractivity contribution is -0.138. The Bertz CT molecular complexity index is 845. The van der Waals surface area contributed by atoms with Crippen molar-refractivity contribution in [3.05, 3.63) is 29.8 Å². The molecule has 9 heteroatoms. The minimum absolute atomic E-state index is 0.0869. The summed E-state index contributed by atoms with van der Waals surface area (Å²) in [5.41, 5.74) is -0.887.